The molecule has 1 rings (SSSR count). The van der Waals surface area contributed by atoms with E-state index < -0.39 is 0 Å². The third-order valence-corrected chi connectivity index (χ3v) is 2.85. The van der Waals surface area contributed by atoms with Crippen molar-refractivity contribution in [3.8, 4) is 0 Å². The Bertz CT molecular complexity index is 369. The average molecular weight is 288 g/mol. The lowest BCUT2D eigenvalue weighted by molar-refractivity contribution is 0.190. The third-order valence-electron chi connectivity index (χ3n) is 2.66. The summed E-state index contributed by atoms with van der Waals surface area (Å²) < 4.78 is 10.2. The second kappa shape index (κ2) is 9.07. The van der Waals surface area contributed by atoms with Crippen LogP contribution in [0.3, 0.4) is 0 Å². The summed E-state index contributed by atoms with van der Waals surface area (Å²) in [6.07, 6.45) is 1.83. The molecule has 0 aliphatic carbocycles. The van der Waals surface area contributed by atoms with Crippen molar-refractivity contribution >= 4 is 17.4 Å². The topological polar surface area (TPSA) is 47.5 Å². The Morgan fingerprint density at radius 1 is 1.16 bits per heavy atom. The van der Waals surface area contributed by atoms with Crippen LogP contribution in [0.5, 0.6) is 0 Å². The fraction of sp³-hybridized carbons (Fsp3) is 0.692. The van der Waals surface area contributed by atoms with E-state index in [2.05, 4.69) is 21.8 Å². The molecule has 0 saturated carbocycles. The second-order valence-electron chi connectivity index (χ2n) is 4.19. The lowest BCUT2D eigenvalue weighted by Crippen LogP contribution is -2.31. The van der Waals surface area contributed by atoms with Gasteiger partial charge in [0.2, 0.25) is 0 Å². The number of aromatic nitrogens is 2. The molecule has 0 saturated heterocycles. The molecular formula is C13H22ClN3O2. The molecule has 0 fully saturated rings. The maximum Gasteiger partial charge on any atom is 0.134 e. The Morgan fingerprint density at radius 2 is 1.79 bits per heavy atom. The van der Waals surface area contributed by atoms with Crippen LogP contribution >= 0.6 is 11.6 Å². The first-order valence-electron chi connectivity index (χ1n) is 6.47. The smallest absolute Gasteiger partial charge is 0.134 e. The maximum atomic E-state index is 6.06. The molecule has 0 spiro atoms. The number of halogens is 1. The minimum Gasteiger partial charge on any atom is -0.383 e. The van der Waals surface area contributed by atoms with E-state index in [9.17, 15) is 0 Å². The summed E-state index contributed by atoms with van der Waals surface area (Å²) in [6.45, 7) is 4.86. The lowest BCUT2D eigenvalue weighted by atomic mass is 10.3. The van der Waals surface area contributed by atoms with Crippen LogP contribution in [0, 0.1) is 0 Å². The van der Waals surface area contributed by atoms with Crippen molar-refractivity contribution in [3.63, 3.8) is 0 Å². The number of methoxy groups -OCH3 is 2. The lowest BCUT2D eigenvalue weighted by Gasteiger charge is -2.23. The van der Waals surface area contributed by atoms with E-state index in [0.717, 1.165) is 37.6 Å². The van der Waals surface area contributed by atoms with Crippen molar-refractivity contribution in [3.05, 3.63) is 17.0 Å². The quantitative estimate of drug-likeness (QED) is 0.652. The SMILES string of the molecule is CCCc1nc(Cl)cc(N(CCOC)CCOC)n1. The van der Waals surface area contributed by atoms with Gasteiger partial charge in [0.1, 0.15) is 16.8 Å². The molecule has 0 aliphatic rings. The Kier molecular flexibility index (Phi) is 7.70. The highest BCUT2D eigenvalue weighted by Gasteiger charge is 2.11. The number of anilines is 1. The van der Waals surface area contributed by atoms with Gasteiger partial charge >= 0.3 is 0 Å². The molecule has 0 bridgehead atoms. The van der Waals surface area contributed by atoms with Gasteiger partial charge in [-0.25, -0.2) is 9.97 Å². The fourth-order valence-electron chi connectivity index (χ4n) is 1.69. The van der Waals surface area contributed by atoms with Gasteiger partial charge in [-0.15, -0.1) is 0 Å². The van der Waals surface area contributed by atoms with Crippen molar-refractivity contribution in [1.82, 2.24) is 9.97 Å². The molecule has 0 amide bonds. The maximum absolute atomic E-state index is 6.06. The Morgan fingerprint density at radius 3 is 2.32 bits per heavy atom. The largest absolute Gasteiger partial charge is 0.383 e. The van der Waals surface area contributed by atoms with E-state index in [1.807, 2.05) is 0 Å². The van der Waals surface area contributed by atoms with E-state index in [4.69, 9.17) is 21.1 Å². The zero-order valence-corrected chi connectivity index (χ0v) is 12.6. The van der Waals surface area contributed by atoms with Crippen LogP contribution in [-0.2, 0) is 15.9 Å². The Balaban J connectivity index is 2.85. The van der Waals surface area contributed by atoms with E-state index in [0.29, 0.717) is 18.4 Å². The number of aryl methyl sites for hydroxylation is 1. The van der Waals surface area contributed by atoms with Gasteiger partial charge in [0.15, 0.2) is 0 Å². The molecule has 0 atom stereocenters. The third kappa shape index (κ3) is 5.72. The van der Waals surface area contributed by atoms with Gasteiger partial charge in [0.05, 0.1) is 13.2 Å². The van der Waals surface area contributed by atoms with E-state index in [-0.39, 0.29) is 0 Å². The monoisotopic (exact) mass is 287 g/mol. The van der Waals surface area contributed by atoms with Gasteiger partial charge in [-0.3, -0.25) is 0 Å². The minimum absolute atomic E-state index is 0.480. The highest BCUT2D eigenvalue weighted by atomic mass is 35.5. The van der Waals surface area contributed by atoms with Crippen LogP contribution < -0.4 is 4.90 Å². The molecule has 19 heavy (non-hydrogen) atoms. The van der Waals surface area contributed by atoms with Gasteiger partial charge in [-0.05, 0) is 6.42 Å². The molecule has 108 valence electrons. The van der Waals surface area contributed by atoms with Crippen molar-refractivity contribution in [2.45, 2.75) is 19.8 Å². The van der Waals surface area contributed by atoms with E-state index in [1.54, 1.807) is 20.3 Å². The summed E-state index contributed by atoms with van der Waals surface area (Å²) in [7, 11) is 3.37. The first-order chi connectivity index (χ1) is 9.21. The zero-order chi connectivity index (χ0) is 14.1. The van der Waals surface area contributed by atoms with Gasteiger partial charge in [-0.2, -0.15) is 0 Å². The predicted octanol–water partition coefficient (Wildman–Crippen LogP) is 2.18. The molecule has 0 aromatic carbocycles. The summed E-state index contributed by atoms with van der Waals surface area (Å²) in [5, 5.41) is 0.480. The number of rotatable bonds is 9. The van der Waals surface area contributed by atoms with Crippen LogP contribution in [0.1, 0.15) is 19.2 Å². The van der Waals surface area contributed by atoms with Gasteiger partial charge in [0.25, 0.3) is 0 Å². The van der Waals surface area contributed by atoms with Crippen LogP contribution in [0.4, 0.5) is 5.82 Å². The van der Waals surface area contributed by atoms with Crippen molar-refractivity contribution < 1.29 is 9.47 Å². The number of hydrogen-bond donors (Lipinski definition) is 0. The first-order valence-corrected chi connectivity index (χ1v) is 6.85. The molecule has 0 unspecified atom stereocenters. The molecule has 5 nitrogen and oxygen atoms in total. The van der Waals surface area contributed by atoms with Crippen LogP contribution in [0.15, 0.2) is 6.07 Å². The minimum atomic E-state index is 0.480. The summed E-state index contributed by atoms with van der Waals surface area (Å²) >= 11 is 6.06. The highest BCUT2D eigenvalue weighted by molar-refractivity contribution is 6.29. The summed E-state index contributed by atoms with van der Waals surface area (Å²) in [5.41, 5.74) is 0. The van der Waals surface area contributed by atoms with E-state index in [1.165, 1.54) is 0 Å². The average Bonchev–Trinajstić information content (AvgIpc) is 2.38. The van der Waals surface area contributed by atoms with Crippen molar-refractivity contribution in [2.24, 2.45) is 0 Å². The van der Waals surface area contributed by atoms with Crippen LogP contribution in [0.2, 0.25) is 5.15 Å². The fourth-order valence-corrected chi connectivity index (χ4v) is 1.89. The molecule has 0 aliphatic heterocycles. The number of nitrogens with zero attached hydrogens (tertiary/aromatic N) is 3. The summed E-state index contributed by atoms with van der Waals surface area (Å²) in [6, 6.07) is 1.78. The molecular weight excluding hydrogens is 266 g/mol. The van der Waals surface area contributed by atoms with Crippen LogP contribution in [0.25, 0.3) is 0 Å². The number of hydrogen-bond acceptors (Lipinski definition) is 5. The zero-order valence-electron chi connectivity index (χ0n) is 11.9. The predicted molar refractivity (Wildman–Crippen MR) is 77.0 cm³/mol. The van der Waals surface area contributed by atoms with Crippen molar-refractivity contribution in [2.75, 3.05) is 45.4 Å². The Hall–Kier alpha value is -0.910. The standard InChI is InChI=1S/C13H22ClN3O2/c1-4-5-12-15-11(14)10-13(16-12)17(6-8-18-2)7-9-19-3/h10H,4-9H2,1-3H3. The van der Waals surface area contributed by atoms with Gasteiger partial charge in [-0.1, -0.05) is 18.5 Å². The Labute approximate surface area is 119 Å². The molecule has 1 heterocycles. The summed E-state index contributed by atoms with van der Waals surface area (Å²) in [5.74, 6) is 1.61. The summed E-state index contributed by atoms with van der Waals surface area (Å²) in [4.78, 5) is 10.9. The van der Waals surface area contributed by atoms with E-state index >= 15 is 0 Å². The number of ether oxygens (including phenoxy) is 2. The molecule has 6 heteroatoms. The molecule has 0 N–H and O–H groups in total. The van der Waals surface area contributed by atoms with Gasteiger partial charge < -0.3 is 14.4 Å². The first kappa shape index (κ1) is 16.1. The second-order valence-corrected chi connectivity index (χ2v) is 4.57. The molecule has 1 aromatic rings. The normalized spacial score (nSPS) is 10.7. The molecule has 1 aromatic heterocycles. The molecule has 0 radical (unpaired) electrons. The van der Waals surface area contributed by atoms with Crippen LogP contribution in [-0.4, -0.2) is 50.5 Å². The highest BCUT2D eigenvalue weighted by Crippen LogP contribution is 2.16. The van der Waals surface area contributed by atoms with Crippen molar-refractivity contribution in [1.29, 1.82) is 0 Å². The van der Waals surface area contributed by atoms with Gasteiger partial charge in [0, 0.05) is 39.8 Å².